The Morgan fingerprint density at radius 3 is 2.45 bits per heavy atom. The number of rotatable bonds is 3. The highest BCUT2D eigenvalue weighted by atomic mass is 16.2. The van der Waals surface area contributed by atoms with E-state index < -0.39 is 0 Å². The molecule has 0 saturated carbocycles. The predicted octanol–water partition coefficient (Wildman–Crippen LogP) is 2.82. The van der Waals surface area contributed by atoms with Gasteiger partial charge in [-0.1, -0.05) is 0 Å². The third-order valence-corrected chi connectivity index (χ3v) is 5.70. The number of carbonyl (C=O) groups is 1. The van der Waals surface area contributed by atoms with E-state index in [2.05, 4.69) is 48.3 Å². The maximum absolute atomic E-state index is 13.1. The van der Waals surface area contributed by atoms with E-state index in [-0.39, 0.29) is 5.91 Å². The number of aryl methyl sites for hydroxylation is 1. The first kappa shape index (κ1) is 15.6. The van der Waals surface area contributed by atoms with E-state index in [4.69, 9.17) is 0 Å². The number of amides is 1. The number of hydrogen-bond acceptors (Lipinski definition) is 2. The number of carbonyl (C=O) groups excluding carboxylic acids is 1. The highest BCUT2D eigenvalue weighted by Gasteiger charge is 2.39. The normalized spacial score (nSPS) is 26.1. The number of aromatic nitrogens is 1. The second kappa shape index (κ2) is 6.07. The summed E-state index contributed by atoms with van der Waals surface area (Å²) >= 11 is 0. The quantitative estimate of drug-likeness (QED) is 0.859. The van der Waals surface area contributed by atoms with E-state index in [9.17, 15) is 4.79 Å². The number of nitrogens with zero attached hydrogens (tertiary/aromatic N) is 3. The molecule has 0 aliphatic carbocycles. The minimum Gasteiger partial charge on any atom is -0.349 e. The van der Waals surface area contributed by atoms with Crippen molar-refractivity contribution in [1.82, 2.24) is 14.4 Å². The SMILES string of the molecule is CCn1c(C)cc(C(=O)N2CCC[C@H]2[C@H]2CCCN2C)c1C. The van der Waals surface area contributed by atoms with Crippen molar-refractivity contribution in [2.45, 2.75) is 65.1 Å². The number of likely N-dealkylation sites (N-methyl/N-ethyl adjacent to an activating group) is 1. The third kappa shape index (κ3) is 2.47. The van der Waals surface area contributed by atoms with E-state index in [1.165, 1.54) is 25.1 Å². The lowest BCUT2D eigenvalue weighted by atomic mass is 10.0. The first-order chi connectivity index (χ1) is 10.5. The Labute approximate surface area is 134 Å². The van der Waals surface area contributed by atoms with Gasteiger partial charge in [0, 0.05) is 36.6 Å². The molecule has 3 rings (SSSR count). The largest absolute Gasteiger partial charge is 0.349 e. The van der Waals surface area contributed by atoms with Gasteiger partial charge in [0.05, 0.1) is 5.56 Å². The molecule has 2 saturated heterocycles. The minimum atomic E-state index is 0.246. The molecule has 0 aromatic carbocycles. The van der Waals surface area contributed by atoms with E-state index in [0.717, 1.165) is 37.2 Å². The Morgan fingerprint density at radius 1 is 1.18 bits per heavy atom. The molecule has 1 aromatic heterocycles. The standard InChI is InChI=1S/C18H29N3O/c1-5-20-13(2)12-15(14(20)3)18(22)21-11-7-9-17(21)16-8-6-10-19(16)4/h12,16-17H,5-11H2,1-4H3/t16-,17+/m1/s1. The molecule has 0 radical (unpaired) electrons. The van der Waals surface area contributed by atoms with Crippen LogP contribution < -0.4 is 0 Å². The van der Waals surface area contributed by atoms with Crippen LogP contribution in [-0.4, -0.2) is 52.5 Å². The fraction of sp³-hybridized carbons (Fsp3) is 0.722. The molecule has 2 atom stereocenters. The van der Waals surface area contributed by atoms with Crippen LogP contribution in [0.5, 0.6) is 0 Å². The van der Waals surface area contributed by atoms with Crippen LogP contribution in [0, 0.1) is 13.8 Å². The van der Waals surface area contributed by atoms with Crippen LogP contribution in [0.25, 0.3) is 0 Å². The van der Waals surface area contributed by atoms with Crippen molar-refractivity contribution >= 4 is 5.91 Å². The summed E-state index contributed by atoms with van der Waals surface area (Å²) in [6.45, 7) is 9.34. The fourth-order valence-electron chi connectivity index (χ4n) is 4.53. The molecule has 1 aromatic rings. The Morgan fingerprint density at radius 2 is 1.86 bits per heavy atom. The van der Waals surface area contributed by atoms with Gasteiger partial charge in [0.15, 0.2) is 0 Å². The van der Waals surface area contributed by atoms with Crippen LogP contribution in [0.15, 0.2) is 6.07 Å². The molecule has 0 bridgehead atoms. The van der Waals surface area contributed by atoms with Gasteiger partial charge in [-0.3, -0.25) is 4.79 Å². The Bertz CT molecular complexity index is 563. The average Bonchev–Trinajstić information content (AvgIpc) is 3.17. The van der Waals surface area contributed by atoms with Gasteiger partial charge < -0.3 is 14.4 Å². The second-order valence-electron chi connectivity index (χ2n) is 6.93. The molecule has 122 valence electrons. The van der Waals surface area contributed by atoms with Gasteiger partial charge in [0.25, 0.3) is 5.91 Å². The number of likely N-dealkylation sites (tertiary alicyclic amines) is 2. The van der Waals surface area contributed by atoms with Crippen LogP contribution in [0.3, 0.4) is 0 Å². The average molecular weight is 303 g/mol. The monoisotopic (exact) mass is 303 g/mol. The maximum atomic E-state index is 13.1. The van der Waals surface area contributed by atoms with E-state index in [0.29, 0.717) is 12.1 Å². The Kier molecular flexibility index (Phi) is 4.31. The lowest BCUT2D eigenvalue weighted by Gasteiger charge is -2.33. The topological polar surface area (TPSA) is 28.5 Å². The molecule has 2 fully saturated rings. The van der Waals surface area contributed by atoms with Gasteiger partial charge in [0.2, 0.25) is 0 Å². The lowest BCUT2D eigenvalue weighted by Crippen LogP contribution is -2.47. The smallest absolute Gasteiger partial charge is 0.255 e. The van der Waals surface area contributed by atoms with Crippen molar-refractivity contribution in [3.8, 4) is 0 Å². The maximum Gasteiger partial charge on any atom is 0.255 e. The lowest BCUT2D eigenvalue weighted by molar-refractivity contribution is 0.0663. The zero-order valence-corrected chi connectivity index (χ0v) is 14.4. The first-order valence-corrected chi connectivity index (χ1v) is 8.72. The van der Waals surface area contributed by atoms with Crippen LogP contribution >= 0.6 is 0 Å². The van der Waals surface area contributed by atoms with E-state index >= 15 is 0 Å². The molecule has 22 heavy (non-hydrogen) atoms. The molecule has 1 amide bonds. The van der Waals surface area contributed by atoms with Gasteiger partial charge in [-0.15, -0.1) is 0 Å². The Hall–Kier alpha value is -1.29. The van der Waals surface area contributed by atoms with Gasteiger partial charge >= 0.3 is 0 Å². The summed E-state index contributed by atoms with van der Waals surface area (Å²) in [5, 5.41) is 0. The van der Waals surface area contributed by atoms with E-state index in [1.807, 2.05) is 0 Å². The van der Waals surface area contributed by atoms with Crippen molar-refractivity contribution in [2.75, 3.05) is 20.1 Å². The van der Waals surface area contributed by atoms with Crippen molar-refractivity contribution in [2.24, 2.45) is 0 Å². The minimum absolute atomic E-state index is 0.246. The van der Waals surface area contributed by atoms with Crippen molar-refractivity contribution in [3.63, 3.8) is 0 Å². The number of hydrogen-bond donors (Lipinski definition) is 0. The molecule has 3 heterocycles. The van der Waals surface area contributed by atoms with E-state index in [1.54, 1.807) is 0 Å². The molecule has 0 unspecified atom stereocenters. The highest BCUT2D eigenvalue weighted by Crippen LogP contribution is 2.31. The van der Waals surface area contributed by atoms with Crippen LogP contribution in [0.4, 0.5) is 0 Å². The van der Waals surface area contributed by atoms with Crippen molar-refractivity contribution < 1.29 is 4.79 Å². The Balaban J connectivity index is 1.85. The molecule has 2 aliphatic heterocycles. The molecule has 4 heteroatoms. The third-order valence-electron chi connectivity index (χ3n) is 5.70. The van der Waals surface area contributed by atoms with Gasteiger partial charge in [-0.05, 0) is 66.1 Å². The predicted molar refractivity (Wildman–Crippen MR) is 89.3 cm³/mol. The molecular weight excluding hydrogens is 274 g/mol. The summed E-state index contributed by atoms with van der Waals surface area (Å²) in [6.07, 6.45) is 4.81. The first-order valence-electron chi connectivity index (χ1n) is 8.72. The summed E-state index contributed by atoms with van der Waals surface area (Å²) in [6, 6.07) is 3.04. The molecule has 0 N–H and O–H groups in total. The zero-order valence-electron chi connectivity index (χ0n) is 14.4. The molecule has 4 nitrogen and oxygen atoms in total. The molecule has 2 aliphatic rings. The van der Waals surface area contributed by atoms with Gasteiger partial charge in [-0.2, -0.15) is 0 Å². The van der Waals surface area contributed by atoms with Gasteiger partial charge in [-0.25, -0.2) is 0 Å². The zero-order chi connectivity index (χ0) is 15.9. The summed E-state index contributed by atoms with van der Waals surface area (Å²) in [4.78, 5) is 17.7. The van der Waals surface area contributed by atoms with Crippen LogP contribution in [0.1, 0.15) is 54.4 Å². The van der Waals surface area contributed by atoms with Crippen molar-refractivity contribution in [1.29, 1.82) is 0 Å². The highest BCUT2D eigenvalue weighted by molar-refractivity contribution is 5.96. The van der Waals surface area contributed by atoms with Gasteiger partial charge in [0.1, 0.15) is 0 Å². The molecule has 0 spiro atoms. The molecular formula is C18H29N3O. The second-order valence-corrected chi connectivity index (χ2v) is 6.93. The van der Waals surface area contributed by atoms with Crippen LogP contribution in [-0.2, 0) is 6.54 Å². The summed E-state index contributed by atoms with van der Waals surface area (Å²) in [5.74, 6) is 0.246. The summed E-state index contributed by atoms with van der Waals surface area (Å²) < 4.78 is 2.24. The fourth-order valence-corrected chi connectivity index (χ4v) is 4.53. The van der Waals surface area contributed by atoms with Crippen LogP contribution in [0.2, 0.25) is 0 Å². The van der Waals surface area contributed by atoms with Crippen molar-refractivity contribution in [3.05, 3.63) is 23.0 Å². The summed E-state index contributed by atoms with van der Waals surface area (Å²) in [5.41, 5.74) is 3.22. The summed E-state index contributed by atoms with van der Waals surface area (Å²) in [7, 11) is 2.21.